The Balaban J connectivity index is 2.01. The molecule has 0 aliphatic carbocycles. The number of carbonyl (C=O) groups is 1. The summed E-state index contributed by atoms with van der Waals surface area (Å²) in [5.41, 5.74) is 0.580. The maximum absolute atomic E-state index is 11.9. The van der Waals surface area contributed by atoms with Crippen LogP contribution in [0.1, 0.15) is 16.1 Å². The molecule has 1 heterocycles. The summed E-state index contributed by atoms with van der Waals surface area (Å²) in [5.74, 6) is -0.341. The molecule has 0 radical (unpaired) electrons. The molecule has 0 atom stereocenters. The first kappa shape index (κ1) is 13.2. The third kappa shape index (κ3) is 3.87. The standard InChI is InChI=1S/C13H9F3O3/c14-13(15,16)19-10-5-3-9(4-6-10)8-11(17)12-2-1-7-18-12/h1-7H,8H2. The first-order valence-corrected chi connectivity index (χ1v) is 5.35. The van der Waals surface area contributed by atoms with Crippen molar-refractivity contribution in [1.29, 1.82) is 0 Å². The molecule has 0 aliphatic rings. The van der Waals surface area contributed by atoms with E-state index >= 15 is 0 Å². The van der Waals surface area contributed by atoms with E-state index in [0.29, 0.717) is 5.56 Å². The van der Waals surface area contributed by atoms with Crippen LogP contribution in [0.15, 0.2) is 47.1 Å². The Morgan fingerprint density at radius 3 is 2.37 bits per heavy atom. The zero-order valence-corrected chi connectivity index (χ0v) is 9.61. The molecule has 3 nitrogen and oxygen atoms in total. The van der Waals surface area contributed by atoms with Crippen molar-refractivity contribution in [3.8, 4) is 5.75 Å². The summed E-state index contributed by atoms with van der Waals surface area (Å²) in [7, 11) is 0. The Hall–Kier alpha value is -2.24. The molecule has 0 N–H and O–H groups in total. The van der Waals surface area contributed by atoms with Gasteiger partial charge in [-0.15, -0.1) is 13.2 Å². The molecule has 19 heavy (non-hydrogen) atoms. The number of halogens is 3. The average molecular weight is 270 g/mol. The highest BCUT2D eigenvalue weighted by molar-refractivity contribution is 5.94. The Morgan fingerprint density at radius 2 is 1.84 bits per heavy atom. The van der Waals surface area contributed by atoms with Gasteiger partial charge in [-0.05, 0) is 29.8 Å². The minimum atomic E-state index is -4.72. The molecule has 0 spiro atoms. The van der Waals surface area contributed by atoms with Crippen LogP contribution in [-0.2, 0) is 6.42 Å². The fraction of sp³-hybridized carbons (Fsp3) is 0.154. The molecule has 0 saturated heterocycles. The van der Waals surface area contributed by atoms with E-state index in [1.54, 1.807) is 6.07 Å². The molecule has 0 bridgehead atoms. The van der Waals surface area contributed by atoms with Crippen molar-refractivity contribution in [2.75, 3.05) is 0 Å². The molecule has 0 amide bonds. The quantitative estimate of drug-likeness (QED) is 0.797. The van der Waals surface area contributed by atoms with E-state index < -0.39 is 6.36 Å². The van der Waals surface area contributed by atoms with Gasteiger partial charge < -0.3 is 9.15 Å². The fourth-order valence-electron chi connectivity index (χ4n) is 1.52. The maximum atomic E-state index is 11.9. The normalized spacial score (nSPS) is 11.3. The van der Waals surface area contributed by atoms with Gasteiger partial charge in [-0.2, -0.15) is 0 Å². The predicted octanol–water partition coefficient (Wildman–Crippen LogP) is 3.60. The summed E-state index contributed by atoms with van der Waals surface area (Å²) >= 11 is 0. The first-order valence-electron chi connectivity index (χ1n) is 5.35. The summed E-state index contributed by atoms with van der Waals surface area (Å²) in [6, 6.07) is 8.26. The first-order chi connectivity index (χ1) is 8.94. The van der Waals surface area contributed by atoms with Crippen molar-refractivity contribution in [1.82, 2.24) is 0 Å². The smallest absolute Gasteiger partial charge is 0.461 e. The molecule has 0 fully saturated rings. The van der Waals surface area contributed by atoms with Crippen LogP contribution in [0.4, 0.5) is 13.2 Å². The second-order valence-corrected chi connectivity index (χ2v) is 3.77. The van der Waals surface area contributed by atoms with Gasteiger partial charge >= 0.3 is 6.36 Å². The number of hydrogen-bond acceptors (Lipinski definition) is 3. The number of ketones is 1. The molecular weight excluding hydrogens is 261 g/mol. The second kappa shape index (κ2) is 5.17. The lowest BCUT2D eigenvalue weighted by atomic mass is 10.1. The molecule has 2 aromatic rings. The van der Waals surface area contributed by atoms with E-state index in [1.807, 2.05) is 0 Å². The van der Waals surface area contributed by atoms with Gasteiger partial charge in [-0.3, -0.25) is 4.79 Å². The topological polar surface area (TPSA) is 39.4 Å². The molecule has 0 unspecified atom stereocenters. The average Bonchev–Trinajstić information content (AvgIpc) is 2.83. The van der Waals surface area contributed by atoms with Gasteiger partial charge in [-0.25, -0.2) is 0 Å². The summed E-state index contributed by atoms with van der Waals surface area (Å²) < 4.78 is 44.5. The van der Waals surface area contributed by atoms with Crippen LogP contribution in [0.25, 0.3) is 0 Å². The van der Waals surface area contributed by atoms with Crippen molar-refractivity contribution in [2.45, 2.75) is 12.8 Å². The van der Waals surface area contributed by atoms with E-state index in [4.69, 9.17) is 4.42 Å². The number of hydrogen-bond donors (Lipinski definition) is 0. The highest BCUT2D eigenvalue weighted by atomic mass is 19.4. The molecular formula is C13H9F3O3. The third-order valence-corrected chi connectivity index (χ3v) is 2.32. The Kier molecular flexibility index (Phi) is 3.59. The Labute approximate surface area is 106 Å². The summed E-state index contributed by atoms with van der Waals surface area (Å²) in [4.78, 5) is 11.7. The van der Waals surface area contributed by atoms with E-state index in [-0.39, 0.29) is 23.7 Å². The lowest BCUT2D eigenvalue weighted by Crippen LogP contribution is -2.17. The van der Waals surface area contributed by atoms with Gasteiger partial charge in [0.25, 0.3) is 0 Å². The van der Waals surface area contributed by atoms with E-state index in [0.717, 1.165) is 12.1 Å². The molecule has 0 saturated carbocycles. The van der Waals surface area contributed by atoms with Gasteiger partial charge in [0, 0.05) is 6.42 Å². The van der Waals surface area contributed by atoms with Crippen molar-refractivity contribution in [3.05, 3.63) is 54.0 Å². The van der Waals surface area contributed by atoms with Crippen LogP contribution in [0.5, 0.6) is 5.75 Å². The van der Waals surface area contributed by atoms with Crippen LogP contribution in [0.3, 0.4) is 0 Å². The van der Waals surface area contributed by atoms with Gasteiger partial charge in [0.2, 0.25) is 5.78 Å². The highest BCUT2D eigenvalue weighted by Gasteiger charge is 2.30. The predicted molar refractivity (Wildman–Crippen MR) is 59.9 cm³/mol. The maximum Gasteiger partial charge on any atom is 0.573 e. The van der Waals surface area contributed by atoms with Crippen LogP contribution < -0.4 is 4.74 Å². The van der Waals surface area contributed by atoms with E-state index in [9.17, 15) is 18.0 Å². The molecule has 2 rings (SSSR count). The van der Waals surface area contributed by atoms with Crippen LogP contribution in [0.2, 0.25) is 0 Å². The Bertz CT molecular complexity index is 542. The number of rotatable bonds is 4. The van der Waals surface area contributed by atoms with Crippen molar-refractivity contribution >= 4 is 5.78 Å². The number of ether oxygens (including phenoxy) is 1. The molecule has 0 aliphatic heterocycles. The number of carbonyl (C=O) groups excluding carboxylic acids is 1. The van der Waals surface area contributed by atoms with Gasteiger partial charge in [0.1, 0.15) is 5.75 Å². The summed E-state index contributed by atoms with van der Waals surface area (Å²) in [5, 5.41) is 0. The van der Waals surface area contributed by atoms with E-state index in [1.165, 1.54) is 24.5 Å². The summed E-state index contributed by atoms with van der Waals surface area (Å²) in [6.45, 7) is 0. The minimum Gasteiger partial charge on any atom is -0.461 e. The molecule has 1 aromatic heterocycles. The second-order valence-electron chi connectivity index (χ2n) is 3.77. The van der Waals surface area contributed by atoms with Crippen LogP contribution >= 0.6 is 0 Å². The van der Waals surface area contributed by atoms with Crippen molar-refractivity contribution in [3.63, 3.8) is 0 Å². The number of benzene rings is 1. The zero-order chi connectivity index (χ0) is 13.9. The molecule has 6 heteroatoms. The molecule has 100 valence electrons. The van der Waals surface area contributed by atoms with Crippen molar-refractivity contribution < 1.29 is 27.1 Å². The largest absolute Gasteiger partial charge is 0.573 e. The van der Waals surface area contributed by atoms with Gasteiger partial charge in [-0.1, -0.05) is 12.1 Å². The molecule has 1 aromatic carbocycles. The lowest BCUT2D eigenvalue weighted by molar-refractivity contribution is -0.274. The number of alkyl halides is 3. The lowest BCUT2D eigenvalue weighted by Gasteiger charge is -2.08. The highest BCUT2D eigenvalue weighted by Crippen LogP contribution is 2.23. The third-order valence-electron chi connectivity index (χ3n) is 2.32. The number of Topliss-reactive ketones (excluding diaryl/α,β-unsaturated/α-hetero) is 1. The van der Waals surface area contributed by atoms with Crippen molar-refractivity contribution in [2.24, 2.45) is 0 Å². The minimum absolute atomic E-state index is 0.0554. The van der Waals surface area contributed by atoms with E-state index in [2.05, 4.69) is 4.74 Å². The number of furan rings is 1. The van der Waals surface area contributed by atoms with Gasteiger partial charge in [0.05, 0.1) is 6.26 Å². The Morgan fingerprint density at radius 1 is 1.16 bits per heavy atom. The summed E-state index contributed by atoms with van der Waals surface area (Å²) in [6.07, 6.45) is -3.28. The zero-order valence-electron chi connectivity index (χ0n) is 9.61. The SMILES string of the molecule is O=C(Cc1ccc(OC(F)(F)F)cc1)c1ccco1. The fourth-order valence-corrected chi connectivity index (χ4v) is 1.52. The van der Waals surface area contributed by atoms with Crippen LogP contribution in [0, 0.1) is 0 Å². The van der Waals surface area contributed by atoms with Gasteiger partial charge in [0.15, 0.2) is 5.76 Å². The monoisotopic (exact) mass is 270 g/mol. The van der Waals surface area contributed by atoms with Crippen LogP contribution in [-0.4, -0.2) is 12.1 Å².